The second-order valence-electron chi connectivity index (χ2n) is 10.3. The second kappa shape index (κ2) is 10.5. The van der Waals surface area contributed by atoms with Crippen molar-refractivity contribution in [2.75, 3.05) is 24.4 Å². The van der Waals surface area contributed by atoms with Crippen LogP contribution in [0.1, 0.15) is 56.3 Å². The number of nitrogens with one attached hydrogen (secondary N) is 2. The SMILES string of the molecule is COc1cc(-c2cc(C)n(C)n2)ccc1Nc1cc(NC(=O)C2CC2)nc2c1nc(C(F)F)n2C1CCCCO1. The maximum Gasteiger partial charge on any atom is 0.295 e. The van der Waals surface area contributed by atoms with E-state index < -0.39 is 18.5 Å². The molecule has 4 aromatic rings. The second-order valence-corrected chi connectivity index (χ2v) is 10.3. The third-order valence-electron chi connectivity index (χ3n) is 7.39. The summed E-state index contributed by atoms with van der Waals surface area (Å²) in [5, 5.41) is 10.7. The standard InChI is InChI=1S/C28H31F2N7O3/c1-15-12-19(35-36(15)2)17-9-10-18(21(13-17)39-3)31-20-14-22(33-28(38)16-7-8-16)32-26-24(20)34-27(25(29)30)37(26)23-6-4-5-11-40-23/h9-10,12-14,16,23,25H,4-8,11H2,1-3H3,(H2,31,32,33,38). The van der Waals surface area contributed by atoms with Crippen LogP contribution in [0.4, 0.5) is 26.0 Å². The van der Waals surface area contributed by atoms with Crippen LogP contribution in [0, 0.1) is 12.8 Å². The molecular formula is C28H31F2N7O3. The molecule has 1 atom stereocenters. The predicted molar refractivity (Wildman–Crippen MR) is 146 cm³/mol. The van der Waals surface area contributed by atoms with E-state index in [-0.39, 0.29) is 28.8 Å². The highest BCUT2D eigenvalue weighted by Gasteiger charge is 2.32. The number of alkyl halides is 2. The van der Waals surface area contributed by atoms with Gasteiger partial charge in [0.2, 0.25) is 5.91 Å². The van der Waals surface area contributed by atoms with E-state index in [4.69, 9.17) is 9.47 Å². The van der Waals surface area contributed by atoms with Gasteiger partial charge in [-0.2, -0.15) is 5.10 Å². The van der Waals surface area contributed by atoms with Crippen molar-refractivity contribution in [1.29, 1.82) is 0 Å². The summed E-state index contributed by atoms with van der Waals surface area (Å²) >= 11 is 0. The first kappa shape index (κ1) is 26.2. The number of ether oxygens (including phenoxy) is 2. The van der Waals surface area contributed by atoms with Crippen molar-refractivity contribution in [3.8, 4) is 17.0 Å². The summed E-state index contributed by atoms with van der Waals surface area (Å²) in [6, 6.07) is 9.20. The van der Waals surface area contributed by atoms with Gasteiger partial charge in [0.15, 0.2) is 11.5 Å². The van der Waals surface area contributed by atoms with Gasteiger partial charge in [-0.05, 0) is 57.2 Å². The molecule has 1 aliphatic heterocycles. The molecule has 1 saturated heterocycles. The van der Waals surface area contributed by atoms with E-state index in [0.29, 0.717) is 30.2 Å². The van der Waals surface area contributed by atoms with Crippen LogP contribution in [0.3, 0.4) is 0 Å². The van der Waals surface area contributed by atoms with Crippen molar-refractivity contribution < 1.29 is 23.0 Å². The topological polar surface area (TPSA) is 108 Å². The Bertz CT molecular complexity index is 1550. The molecule has 40 heavy (non-hydrogen) atoms. The van der Waals surface area contributed by atoms with E-state index in [1.54, 1.807) is 17.9 Å². The summed E-state index contributed by atoms with van der Waals surface area (Å²) < 4.78 is 43.3. The van der Waals surface area contributed by atoms with Crippen LogP contribution in [0.25, 0.3) is 22.4 Å². The van der Waals surface area contributed by atoms with Gasteiger partial charge in [-0.3, -0.25) is 14.0 Å². The number of anilines is 3. The van der Waals surface area contributed by atoms with Gasteiger partial charge >= 0.3 is 0 Å². The Morgan fingerprint density at radius 3 is 2.60 bits per heavy atom. The number of aryl methyl sites for hydroxylation is 2. The number of hydrogen-bond donors (Lipinski definition) is 2. The number of halogens is 2. The van der Waals surface area contributed by atoms with Gasteiger partial charge in [-0.15, -0.1) is 0 Å². The van der Waals surface area contributed by atoms with Gasteiger partial charge in [-0.25, -0.2) is 18.7 Å². The van der Waals surface area contributed by atoms with Crippen LogP contribution in [-0.4, -0.2) is 43.9 Å². The highest BCUT2D eigenvalue weighted by Crippen LogP contribution is 2.39. The van der Waals surface area contributed by atoms with E-state index in [0.717, 1.165) is 42.6 Å². The van der Waals surface area contributed by atoms with Crippen LogP contribution in [0.2, 0.25) is 0 Å². The molecule has 1 aliphatic carbocycles. The number of rotatable bonds is 8. The molecule has 12 heteroatoms. The zero-order valence-corrected chi connectivity index (χ0v) is 22.6. The Kier molecular flexibility index (Phi) is 6.87. The fourth-order valence-electron chi connectivity index (χ4n) is 4.98. The van der Waals surface area contributed by atoms with Gasteiger partial charge in [0, 0.05) is 36.9 Å². The quantitative estimate of drug-likeness (QED) is 0.282. The number of methoxy groups -OCH3 is 1. The highest BCUT2D eigenvalue weighted by molar-refractivity contribution is 5.97. The molecule has 1 amide bonds. The number of hydrogen-bond acceptors (Lipinski definition) is 7. The molecule has 0 radical (unpaired) electrons. The molecule has 0 bridgehead atoms. The molecular weight excluding hydrogens is 520 g/mol. The highest BCUT2D eigenvalue weighted by atomic mass is 19.3. The molecule has 0 spiro atoms. The first-order chi connectivity index (χ1) is 19.3. The van der Waals surface area contributed by atoms with Crippen LogP contribution in [-0.2, 0) is 16.6 Å². The fraction of sp³-hybridized carbons (Fsp3) is 0.429. The lowest BCUT2D eigenvalue weighted by Gasteiger charge is -2.25. The first-order valence-corrected chi connectivity index (χ1v) is 13.4. The number of amides is 1. The number of aromatic nitrogens is 5. The van der Waals surface area contributed by atoms with Gasteiger partial charge in [-0.1, -0.05) is 6.07 Å². The summed E-state index contributed by atoms with van der Waals surface area (Å²) in [4.78, 5) is 21.5. The monoisotopic (exact) mass is 551 g/mol. The Balaban J connectivity index is 1.45. The summed E-state index contributed by atoms with van der Waals surface area (Å²) in [6.07, 6.45) is 0.459. The largest absolute Gasteiger partial charge is 0.495 e. The number of carbonyl (C=O) groups is 1. The molecule has 4 heterocycles. The van der Waals surface area contributed by atoms with Crippen molar-refractivity contribution in [3.05, 3.63) is 41.9 Å². The third-order valence-corrected chi connectivity index (χ3v) is 7.39. The first-order valence-electron chi connectivity index (χ1n) is 13.4. The van der Waals surface area contributed by atoms with Crippen LogP contribution in [0.15, 0.2) is 30.3 Å². The van der Waals surface area contributed by atoms with Crippen molar-refractivity contribution in [2.24, 2.45) is 13.0 Å². The number of nitrogens with zero attached hydrogens (tertiary/aromatic N) is 5. The Labute approximate surface area is 229 Å². The van der Waals surface area contributed by atoms with Crippen molar-refractivity contribution in [3.63, 3.8) is 0 Å². The zero-order chi connectivity index (χ0) is 28.0. The zero-order valence-electron chi connectivity index (χ0n) is 22.6. The van der Waals surface area contributed by atoms with E-state index in [9.17, 15) is 13.6 Å². The van der Waals surface area contributed by atoms with Crippen LogP contribution < -0.4 is 15.4 Å². The van der Waals surface area contributed by atoms with Gasteiger partial charge < -0.3 is 20.1 Å². The fourth-order valence-corrected chi connectivity index (χ4v) is 4.98. The molecule has 2 aliphatic rings. The molecule has 2 N–H and O–H groups in total. The normalized spacial score (nSPS) is 17.4. The molecule has 1 unspecified atom stereocenters. The summed E-state index contributed by atoms with van der Waals surface area (Å²) in [5.41, 5.74) is 4.15. The Morgan fingerprint density at radius 2 is 1.95 bits per heavy atom. The van der Waals surface area contributed by atoms with Crippen molar-refractivity contribution >= 4 is 34.3 Å². The van der Waals surface area contributed by atoms with E-state index >= 15 is 0 Å². The molecule has 1 aromatic carbocycles. The third kappa shape index (κ3) is 4.99. The summed E-state index contributed by atoms with van der Waals surface area (Å²) in [5.74, 6) is 0.165. The number of pyridine rings is 1. The van der Waals surface area contributed by atoms with E-state index in [1.807, 2.05) is 38.2 Å². The van der Waals surface area contributed by atoms with Crippen molar-refractivity contribution in [2.45, 2.75) is 51.7 Å². The average molecular weight is 552 g/mol. The smallest absolute Gasteiger partial charge is 0.295 e. The Morgan fingerprint density at radius 1 is 1.12 bits per heavy atom. The van der Waals surface area contributed by atoms with Crippen LogP contribution in [0.5, 0.6) is 5.75 Å². The van der Waals surface area contributed by atoms with Crippen molar-refractivity contribution in [1.82, 2.24) is 24.3 Å². The van der Waals surface area contributed by atoms with Gasteiger partial charge in [0.05, 0.1) is 24.2 Å². The maximum absolute atomic E-state index is 14.3. The number of carbonyl (C=O) groups excluding carboxylic acids is 1. The average Bonchev–Trinajstić information content (AvgIpc) is 3.65. The predicted octanol–water partition coefficient (Wildman–Crippen LogP) is 5.88. The number of benzene rings is 1. The minimum atomic E-state index is -2.84. The lowest BCUT2D eigenvalue weighted by molar-refractivity contribution is -0.117. The minimum absolute atomic E-state index is 0.0556. The Hall–Kier alpha value is -4.06. The van der Waals surface area contributed by atoms with Crippen LogP contribution >= 0.6 is 0 Å². The molecule has 1 saturated carbocycles. The molecule has 6 rings (SSSR count). The molecule has 10 nitrogen and oxygen atoms in total. The lowest BCUT2D eigenvalue weighted by Crippen LogP contribution is -2.21. The van der Waals surface area contributed by atoms with E-state index in [1.165, 1.54) is 4.57 Å². The molecule has 3 aromatic heterocycles. The number of fused-ring (bicyclic) bond motifs is 1. The maximum atomic E-state index is 14.3. The summed E-state index contributed by atoms with van der Waals surface area (Å²) in [7, 11) is 3.44. The molecule has 210 valence electrons. The minimum Gasteiger partial charge on any atom is -0.495 e. The van der Waals surface area contributed by atoms with Gasteiger partial charge in [0.25, 0.3) is 6.43 Å². The summed E-state index contributed by atoms with van der Waals surface area (Å²) in [6.45, 7) is 2.44. The lowest BCUT2D eigenvalue weighted by atomic mass is 10.1. The van der Waals surface area contributed by atoms with Gasteiger partial charge in [0.1, 0.15) is 23.3 Å². The van der Waals surface area contributed by atoms with E-state index in [2.05, 4.69) is 25.7 Å². The number of imidazole rings is 1. The molecule has 2 fully saturated rings.